The molecule has 3 aromatic carbocycles. The van der Waals surface area contributed by atoms with Crippen molar-refractivity contribution in [2.75, 3.05) is 0 Å². The van der Waals surface area contributed by atoms with Gasteiger partial charge in [0.1, 0.15) is 0 Å². The van der Waals surface area contributed by atoms with Gasteiger partial charge >= 0.3 is 0 Å². The quantitative estimate of drug-likeness (QED) is 0.266. The van der Waals surface area contributed by atoms with E-state index in [-0.39, 0.29) is 0 Å². The van der Waals surface area contributed by atoms with Crippen molar-refractivity contribution in [1.82, 2.24) is 14.9 Å². The summed E-state index contributed by atoms with van der Waals surface area (Å²) in [5.74, 6) is 2.06. The monoisotopic (exact) mass is 412 g/mol. The zero-order valence-corrected chi connectivity index (χ0v) is 18.0. The number of hydrogen-bond donors (Lipinski definition) is 0. The Morgan fingerprint density at radius 3 is 2.20 bits per heavy atom. The van der Waals surface area contributed by atoms with Crippen molar-refractivity contribution in [1.29, 1.82) is 0 Å². The molecule has 1 aromatic heterocycles. The molecule has 0 N–H and O–H groups in total. The maximum atomic E-state index is 4.75. The van der Waals surface area contributed by atoms with Crippen LogP contribution in [0.25, 0.3) is 11.4 Å². The van der Waals surface area contributed by atoms with E-state index >= 15 is 0 Å². The molecule has 0 aliphatic heterocycles. The van der Waals surface area contributed by atoms with Crippen LogP contribution in [0.4, 0.5) is 0 Å². The van der Waals surface area contributed by atoms with Crippen molar-refractivity contribution in [3.05, 3.63) is 102 Å². The minimum Gasteiger partial charge on any atom is -0.187 e. The molecule has 0 fully saturated rings. The summed E-state index contributed by atoms with van der Waals surface area (Å²) in [6.45, 7) is 4.39. The number of thioether (sulfide) groups is 1. The lowest BCUT2D eigenvalue weighted by atomic mass is 10.0. The Kier molecular flexibility index (Phi) is 6.40. The van der Waals surface area contributed by atoms with E-state index in [1.807, 2.05) is 47.3 Å². The Bertz CT molecular complexity index is 1100. The van der Waals surface area contributed by atoms with Crippen molar-refractivity contribution in [2.24, 2.45) is 5.10 Å². The van der Waals surface area contributed by atoms with E-state index < -0.39 is 0 Å². The SMILES string of the molecule is CC(C)c1ccc(/C=N/n2c(SCc3ccccc3)nnc2-c2ccccc2)cc1. The molecule has 30 heavy (non-hydrogen) atoms. The molecule has 0 bridgehead atoms. The van der Waals surface area contributed by atoms with Crippen LogP contribution in [0.3, 0.4) is 0 Å². The fourth-order valence-electron chi connectivity index (χ4n) is 3.04. The maximum absolute atomic E-state index is 4.75. The molecule has 0 spiro atoms. The van der Waals surface area contributed by atoms with Gasteiger partial charge in [-0.15, -0.1) is 10.2 Å². The third-order valence-corrected chi connectivity index (χ3v) is 5.77. The summed E-state index contributed by atoms with van der Waals surface area (Å²) in [5, 5.41) is 14.4. The normalized spacial score (nSPS) is 11.4. The van der Waals surface area contributed by atoms with Crippen LogP contribution in [0.15, 0.2) is 95.2 Å². The van der Waals surface area contributed by atoms with Crippen LogP contribution >= 0.6 is 11.8 Å². The van der Waals surface area contributed by atoms with Gasteiger partial charge in [-0.3, -0.25) is 0 Å². The van der Waals surface area contributed by atoms with Crippen LogP contribution in [0, 0.1) is 0 Å². The van der Waals surface area contributed by atoms with Crippen LogP contribution in [0.2, 0.25) is 0 Å². The Morgan fingerprint density at radius 2 is 1.53 bits per heavy atom. The van der Waals surface area contributed by atoms with Gasteiger partial charge in [-0.05, 0) is 22.6 Å². The first-order valence-electron chi connectivity index (χ1n) is 10.0. The molecule has 4 nitrogen and oxygen atoms in total. The highest BCUT2D eigenvalue weighted by atomic mass is 32.2. The average molecular weight is 413 g/mol. The third kappa shape index (κ3) is 4.86. The third-order valence-electron chi connectivity index (χ3n) is 4.78. The van der Waals surface area contributed by atoms with Crippen LogP contribution in [-0.2, 0) is 5.75 Å². The summed E-state index contributed by atoms with van der Waals surface area (Å²) in [6.07, 6.45) is 1.87. The summed E-state index contributed by atoms with van der Waals surface area (Å²) in [7, 11) is 0. The molecule has 0 amide bonds. The van der Waals surface area contributed by atoms with Crippen LogP contribution in [0.5, 0.6) is 0 Å². The molecule has 4 aromatic rings. The molecule has 0 saturated heterocycles. The topological polar surface area (TPSA) is 43.1 Å². The predicted molar refractivity (Wildman–Crippen MR) is 125 cm³/mol. The second kappa shape index (κ2) is 9.55. The van der Waals surface area contributed by atoms with E-state index in [1.54, 1.807) is 11.8 Å². The second-order valence-electron chi connectivity index (χ2n) is 7.32. The van der Waals surface area contributed by atoms with Crippen molar-refractivity contribution < 1.29 is 0 Å². The lowest BCUT2D eigenvalue weighted by Crippen LogP contribution is -1.97. The van der Waals surface area contributed by atoms with Gasteiger partial charge < -0.3 is 0 Å². The molecule has 0 unspecified atom stereocenters. The number of nitrogens with zero attached hydrogens (tertiary/aromatic N) is 4. The fourth-order valence-corrected chi connectivity index (χ4v) is 3.88. The number of hydrogen-bond acceptors (Lipinski definition) is 4. The summed E-state index contributed by atoms with van der Waals surface area (Å²) in [6, 6.07) is 28.9. The zero-order chi connectivity index (χ0) is 20.8. The largest absolute Gasteiger partial charge is 0.212 e. The second-order valence-corrected chi connectivity index (χ2v) is 8.27. The van der Waals surface area contributed by atoms with Gasteiger partial charge in [-0.1, -0.05) is 111 Å². The molecule has 0 saturated carbocycles. The zero-order valence-electron chi connectivity index (χ0n) is 17.1. The number of aromatic nitrogens is 3. The van der Waals surface area contributed by atoms with Crippen molar-refractivity contribution in [3.63, 3.8) is 0 Å². The van der Waals surface area contributed by atoms with Crippen molar-refractivity contribution in [2.45, 2.75) is 30.7 Å². The smallest absolute Gasteiger partial charge is 0.187 e. The standard InChI is InChI=1S/C25H24N4S/c1-19(2)22-15-13-20(14-16-22)17-26-29-24(23-11-7-4-8-12-23)27-28-25(29)30-18-21-9-5-3-6-10-21/h3-17,19H,18H2,1-2H3/b26-17+. The molecular weight excluding hydrogens is 388 g/mol. The molecule has 150 valence electrons. The number of rotatable bonds is 7. The molecule has 5 heteroatoms. The van der Waals surface area contributed by atoms with E-state index in [2.05, 4.69) is 72.6 Å². The van der Waals surface area contributed by atoms with E-state index in [0.29, 0.717) is 5.92 Å². The minimum atomic E-state index is 0.513. The molecule has 0 aliphatic carbocycles. The van der Waals surface area contributed by atoms with Crippen LogP contribution in [0.1, 0.15) is 36.5 Å². The molecule has 1 heterocycles. The summed E-state index contributed by atoms with van der Waals surface area (Å²) < 4.78 is 1.83. The Morgan fingerprint density at radius 1 is 0.867 bits per heavy atom. The van der Waals surface area contributed by atoms with E-state index in [0.717, 1.165) is 27.9 Å². The highest BCUT2D eigenvalue weighted by Gasteiger charge is 2.14. The van der Waals surface area contributed by atoms with E-state index in [4.69, 9.17) is 5.10 Å². The number of benzene rings is 3. The summed E-state index contributed by atoms with van der Waals surface area (Å²) in [4.78, 5) is 0. The molecule has 0 radical (unpaired) electrons. The average Bonchev–Trinajstić information content (AvgIpc) is 3.20. The van der Waals surface area contributed by atoms with Crippen LogP contribution in [-0.4, -0.2) is 21.1 Å². The summed E-state index contributed by atoms with van der Waals surface area (Å²) >= 11 is 1.63. The first-order valence-corrected chi connectivity index (χ1v) is 11.0. The summed E-state index contributed by atoms with van der Waals surface area (Å²) in [5.41, 5.74) is 4.60. The lowest BCUT2D eigenvalue weighted by molar-refractivity contribution is 0.772. The fraction of sp³-hybridized carbons (Fsp3) is 0.160. The molecule has 0 aliphatic rings. The van der Waals surface area contributed by atoms with Crippen molar-refractivity contribution in [3.8, 4) is 11.4 Å². The van der Waals surface area contributed by atoms with Gasteiger partial charge in [0.2, 0.25) is 5.16 Å². The molecule has 4 rings (SSSR count). The van der Waals surface area contributed by atoms with Crippen LogP contribution < -0.4 is 0 Å². The lowest BCUT2D eigenvalue weighted by Gasteiger charge is -2.06. The Hall–Kier alpha value is -3.18. The minimum absolute atomic E-state index is 0.513. The van der Waals surface area contributed by atoms with Gasteiger partial charge in [0, 0.05) is 11.3 Å². The van der Waals surface area contributed by atoms with Gasteiger partial charge in [0.15, 0.2) is 5.82 Å². The van der Waals surface area contributed by atoms with E-state index in [1.165, 1.54) is 11.1 Å². The first-order chi connectivity index (χ1) is 14.7. The first kappa shape index (κ1) is 20.1. The predicted octanol–water partition coefficient (Wildman–Crippen LogP) is 6.24. The highest BCUT2D eigenvalue weighted by molar-refractivity contribution is 7.98. The maximum Gasteiger partial charge on any atom is 0.212 e. The highest BCUT2D eigenvalue weighted by Crippen LogP contribution is 2.26. The molecule has 0 atom stereocenters. The Labute approximate surface area is 181 Å². The van der Waals surface area contributed by atoms with Gasteiger partial charge in [-0.2, -0.15) is 9.78 Å². The van der Waals surface area contributed by atoms with Gasteiger partial charge in [0.25, 0.3) is 0 Å². The van der Waals surface area contributed by atoms with Crippen molar-refractivity contribution >= 4 is 18.0 Å². The molecular formula is C25H24N4S. The van der Waals surface area contributed by atoms with Gasteiger partial charge in [0.05, 0.1) is 6.21 Å². The van der Waals surface area contributed by atoms with Gasteiger partial charge in [-0.25, -0.2) is 0 Å². The Balaban J connectivity index is 1.63. The van der Waals surface area contributed by atoms with E-state index in [9.17, 15) is 0 Å².